The third kappa shape index (κ3) is 5.33. The molecule has 1 aliphatic carbocycles. The number of amides is 1. The second kappa shape index (κ2) is 9.63. The van der Waals surface area contributed by atoms with Gasteiger partial charge in [0.2, 0.25) is 5.91 Å². The highest BCUT2D eigenvalue weighted by atomic mass is 32.2. The Morgan fingerprint density at radius 3 is 2.47 bits per heavy atom. The van der Waals surface area contributed by atoms with Gasteiger partial charge in [0.15, 0.2) is 0 Å². The molecule has 1 fully saturated rings. The lowest BCUT2D eigenvalue weighted by Gasteiger charge is -2.30. The highest BCUT2D eigenvalue weighted by Crippen LogP contribution is 2.35. The van der Waals surface area contributed by atoms with E-state index in [9.17, 15) is 13.2 Å². The number of nitrogens with zero attached hydrogens (tertiary/aromatic N) is 1. The van der Waals surface area contributed by atoms with E-state index in [1.807, 2.05) is 12.1 Å². The Hall–Kier alpha value is -2.38. The first-order valence-electron chi connectivity index (χ1n) is 11.6. The fourth-order valence-electron chi connectivity index (χ4n) is 5.03. The van der Waals surface area contributed by atoms with Gasteiger partial charge in [-0.2, -0.15) is 0 Å². The molecule has 1 saturated carbocycles. The van der Waals surface area contributed by atoms with Gasteiger partial charge in [-0.1, -0.05) is 44.2 Å². The molecule has 6 nitrogen and oxygen atoms in total. The maximum absolute atomic E-state index is 13.0. The highest BCUT2D eigenvalue weighted by Gasteiger charge is 2.28. The van der Waals surface area contributed by atoms with Crippen molar-refractivity contribution in [1.29, 1.82) is 0 Å². The van der Waals surface area contributed by atoms with Gasteiger partial charge in [-0.15, -0.1) is 0 Å². The summed E-state index contributed by atoms with van der Waals surface area (Å²) in [4.78, 5) is 13.8. The first-order valence-corrected chi connectivity index (χ1v) is 13.1. The van der Waals surface area contributed by atoms with Crippen LogP contribution in [0, 0.1) is 5.92 Å². The Labute approximate surface area is 191 Å². The molecular formula is C25H33N3O3S. The molecule has 1 heterocycles. The van der Waals surface area contributed by atoms with E-state index < -0.39 is 10.0 Å². The van der Waals surface area contributed by atoms with Crippen LogP contribution in [-0.2, 0) is 27.9 Å². The van der Waals surface area contributed by atoms with Gasteiger partial charge in [0, 0.05) is 31.7 Å². The summed E-state index contributed by atoms with van der Waals surface area (Å²) in [7, 11) is -3.72. The van der Waals surface area contributed by atoms with Crippen LogP contribution in [0.15, 0.2) is 47.4 Å². The van der Waals surface area contributed by atoms with Crippen molar-refractivity contribution in [3.05, 3.63) is 53.6 Å². The van der Waals surface area contributed by atoms with Crippen molar-refractivity contribution in [3.63, 3.8) is 0 Å². The molecular weight excluding hydrogens is 422 g/mol. The van der Waals surface area contributed by atoms with Crippen LogP contribution < -0.4 is 10.0 Å². The van der Waals surface area contributed by atoms with Crippen molar-refractivity contribution in [1.82, 2.24) is 4.90 Å². The normalized spacial score (nSPS) is 18.2. The number of sulfonamides is 1. The lowest BCUT2D eigenvalue weighted by atomic mass is 9.85. The summed E-state index contributed by atoms with van der Waals surface area (Å²) in [5, 5.41) is 2.65. The number of rotatable bonds is 7. The van der Waals surface area contributed by atoms with E-state index in [-0.39, 0.29) is 10.8 Å². The summed E-state index contributed by atoms with van der Waals surface area (Å²) < 4.78 is 28.8. The number of benzene rings is 2. The second-order valence-corrected chi connectivity index (χ2v) is 10.9. The number of anilines is 2. The molecule has 0 saturated heterocycles. The average Bonchev–Trinajstić information content (AvgIpc) is 3.20. The van der Waals surface area contributed by atoms with Crippen molar-refractivity contribution in [3.8, 4) is 0 Å². The molecule has 1 aliphatic heterocycles. The molecule has 2 N–H and O–H groups in total. The van der Waals surface area contributed by atoms with Crippen LogP contribution in [0.3, 0.4) is 0 Å². The second-order valence-electron chi connectivity index (χ2n) is 9.25. The van der Waals surface area contributed by atoms with E-state index in [4.69, 9.17) is 0 Å². The standard InChI is InChI=1S/C25H33N3O3S/c1-18(15-20-7-4-3-5-8-20)28-16-21-9-6-10-25(24(21)17-28)27-32(30,31)23-13-11-22(12-14-23)26-19(2)29/h6,9-14,18,20,27H,3-5,7-8,15-17H2,1-2H3,(H,26,29)/t18-/m0/s1. The van der Waals surface area contributed by atoms with Crippen molar-refractivity contribution in [2.24, 2.45) is 5.92 Å². The minimum absolute atomic E-state index is 0.171. The quantitative estimate of drug-likeness (QED) is 0.607. The van der Waals surface area contributed by atoms with Crippen LogP contribution in [0.4, 0.5) is 11.4 Å². The summed E-state index contributed by atoms with van der Waals surface area (Å²) in [6.45, 7) is 5.36. The van der Waals surface area contributed by atoms with E-state index in [2.05, 4.69) is 27.9 Å². The van der Waals surface area contributed by atoms with E-state index in [1.165, 1.54) is 63.1 Å². The van der Waals surface area contributed by atoms with Crippen molar-refractivity contribution >= 4 is 27.3 Å². The smallest absolute Gasteiger partial charge is 0.261 e. The molecule has 0 radical (unpaired) electrons. The summed E-state index contributed by atoms with van der Waals surface area (Å²) in [6, 6.07) is 12.6. The Balaban J connectivity index is 1.45. The number of fused-ring (bicyclic) bond motifs is 1. The van der Waals surface area contributed by atoms with Crippen molar-refractivity contribution < 1.29 is 13.2 Å². The number of carbonyl (C=O) groups excluding carboxylic acids is 1. The van der Waals surface area contributed by atoms with E-state index in [0.717, 1.165) is 24.6 Å². The van der Waals surface area contributed by atoms with Gasteiger partial charge in [-0.05, 0) is 60.7 Å². The predicted octanol–water partition coefficient (Wildman–Crippen LogP) is 5.12. The molecule has 0 spiro atoms. The van der Waals surface area contributed by atoms with Crippen molar-refractivity contribution in [2.45, 2.75) is 76.4 Å². The van der Waals surface area contributed by atoms with Crippen LogP contribution in [0.25, 0.3) is 0 Å². The molecule has 7 heteroatoms. The van der Waals surface area contributed by atoms with Gasteiger partial charge in [-0.3, -0.25) is 14.4 Å². The van der Waals surface area contributed by atoms with Crippen LogP contribution >= 0.6 is 0 Å². The summed E-state index contributed by atoms with van der Waals surface area (Å²) >= 11 is 0. The minimum atomic E-state index is -3.72. The first kappa shape index (κ1) is 22.8. The molecule has 1 amide bonds. The number of hydrogen-bond donors (Lipinski definition) is 2. The number of nitrogens with one attached hydrogen (secondary N) is 2. The third-order valence-corrected chi connectivity index (χ3v) is 8.14. The molecule has 0 bridgehead atoms. The van der Waals surface area contributed by atoms with Gasteiger partial charge in [0.05, 0.1) is 10.6 Å². The molecule has 32 heavy (non-hydrogen) atoms. The predicted molar refractivity (Wildman–Crippen MR) is 128 cm³/mol. The molecule has 0 aromatic heterocycles. The maximum Gasteiger partial charge on any atom is 0.261 e. The van der Waals surface area contributed by atoms with Crippen LogP contribution in [0.2, 0.25) is 0 Å². The van der Waals surface area contributed by atoms with Crippen LogP contribution in [0.5, 0.6) is 0 Å². The van der Waals surface area contributed by atoms with Gasteiger partial charge >= 0.3 is 0 Å². The Bertz CT molecular complexity index is 1060. The molecule has 2 aromatic carbocycles. The zero-order valence-corrected chi connectivity index (χ0v) is 19.7. The van der Waals surface area contributed by atoms with Gasteiger partial charge in [0.25, 0.3) is 10.0 Å². The molecule has 0 unspecified atom stereocenters. The highest BCUT2D eigenvalue weighted by molar-refractivity contribution is 7.92. The average molecular weight is 456 g/mol. The molecule has 4 rings (SSSR count). The van der Waals surface area contributed by atoms with Crippen LogP contribution in [0.1, 0.15) is 63.5 Å². The number of hydrogen-bond acceptors (Lipinski definition) is 4. The fraction of sp³-hybridized carbons (Fsp3) is 0.480. The van der Waals surface area contributed by atoms with Gasteiger partial charge in [0.1, 0.15) is 0 Å². The zero-order chi connectivity index (χ0) is 22.7. The number of carbonyl (C=O) groups is 1. The largest absolute Gasteiger partial charge is 0.326 e. The van der Waals surface area contributed by atoms with Crippen LogP contribution in [-0.4, -0.2) is 25.3 Å². The maximum atomic E-state index is 13.0. The molecule has 1 atom stereocenters. The molecule has 2 aliphatic rings. The SMILES string of the molecule is CC(=O)Nc1ccc(S(=O)(=O)Nc2cccc3c2CN([C@@H](C)CC2CCCCC2)C3)cc1. The van der Waals surface area contributed by atoms with E-state index >= 15 is 0 Å². The summed E-state index contributed by atoms with van der Waals surface area (Å²) in [5.74, 6) is 0.627. The summed E-state index contributed by atoms with van der Waals surface area (Å²) in [6.07, 6.45) is 7.99. The lowest BCUT2D eigenvalue weighted by Crippen LogP contribution is -2.30. The fourth-order valence-corrected chi connectivity index (χ4v) is 6.13. The van der Waals surface area contributed by atoms with E-state index in [0.29, 0.717) is 17.4 Å². The molecule has 2 aromatic rings. The van der Waals surface area contributed by atoms with Gasteiger partial charge in [-0.25, -0.2) is 8.42 Å². The molecule has 172 valence electrons. The summed E-state index contributed by atoms with van der Waals surface area (Å²) in [5.41, 5.74) is 3.49. The minimum Gasteiger partial charge on any atom is -0.326 e. The Morgan fingerprint density at radius 1 is 1.06 bits per heavy atom. The Kier molecular flexibility index (Phi) is 6.86. The van der Waals surface area contributed by atoms with Gasteiger partial charge < -0.3 is 5.32 Å². The Morgan fingerprint density at radius 2 is 1.78 bits per heavy atom. The monoisotopic (exact) mass is 455 g/mol. The third-order valence-electron chi connectivity index (χ3n) is 6.76. The lowest BCUT2D eigenvalue weighted by molar-refractivity contribution is -0.114. The topological polar surface area (TPSA) is 78.5 Å². The van der Waals surface area contributed by atoms with E-state index in [1.54, 1.807) is 12.1 Å². The zero-order valence-electron chi connectivity index (χ0n) is 18.9. The van der Waals surface area contributed by atoms with Crippen molar-refractivity contribution in [2.75, 3.05) is 10.0 Å². The first-order chi connectivity index (χ1) is 15.3.